The highest BCUT2D eigenvalue weighted by atomic mass is 16.2. The van der Waals surface area contributed by atoms with Crippen LogP contribution in [0.2, 0.25) is 0 Å². The lowest BCUT2D eigenvalue weighted by Crippen LogP contribution is -2.57. The number of aryl methyl sites for hydroxylation is 1. The highest BCUT2D eigenvalue weighted by Crippen LogP contribution is 2.14. The van der Waals surface area contributed by atoms with E-state index in [-0.39, 0.29) is 23.1 Å². The quantitative estimate of drug-likeness (QED) is 0.866. The molecule has 3 heterocycles. The summed E-state index contributed by atoms with van der Waals surface area (Å²) in [4.78, 5) is 33.9. The molecule has 0 atom stereocenters. The fourth-order valence-electron chi connectivity index (χ4n) is 2.22. The van der Waals surface area contributed by atoms with Gasteiger partial charge in [-0.1, -0.05) is 0 Å². The highest BCUT2D eigenvalue weighted by molar-refractivity contribution is 5.94. The number of aromatic nitrogens is 3. The van der Waals surface area contributed by atoms with Gasteiger partial charge >= 0.3 is 0 Å². The maximum Gasteiger partial charge on any atom is 0.263 e. The lowest BCUT2D eigenvalue weighted by atomic mass is 10.1. The minimum atomic E-state index is -0.273. The SMILES string of the molecule is Cn1cccc(C(=O)N2CC(Nc3ncccn3)C2)c1=O. The highest BCUT2D eigenvalue weighted by Gasteiger charge is 2.32. The molecular weight excluding hydrogens is 270 g/mol. The van der Waals surface area contributed by atoms with E-state index < -0.39 is 0 Å². The van der Waals surface area contributed by atoms with E-state index >= 15 is 0 Å². The summed E-state index contributed by atoms with van der Waals surface area (Å²) in [5.41, 5.74) is -0.0697. The molecule has 1 amide bonds. The molecule has 1 aliphatic rings. The van der Waals surface area contributed by atoms with Gasteiger partial charge < -0.3 is 14.8 Å². The molecule has 1 N–H and O–H groups in total. The van der Waals surface area contributed by atoms with Crippen LogP contribution in [-0.2, 0) is 7.05 Å². The first kappa shape index (κ1) is 13.3. The summed E-state index contributed by atoms with van der Waals surface area (Å²) in [6.45, 7) is 1.07. The van der Waals surface area contributed by atoms with Crippen molar-refractivity contribution in [3.8, 4) is 0 Å². The Labute approximate surface area is 121 Å². The molecule has 2 aromatic heterocycles. The van der Waals surface area contributed by atoms with E-state index in [1.807, 2.05) is 0 Å². The molecule has 0 aliphatic carbocycles. The van der Waals surface area contributed by atoms with Gasteiger partial charge in [0.05, 0.1) is 6.04 Å². The van der Waals surface area contributed by atoms with Crippen molar-refractivity contribution in [3.05, 3.63) is 52.7 Å². The van der Waals surface area contributed by atoms with Gasteiger partial charge in [-0.2, -0.15) is 0 Å². The lowest BCUT2D eigenvalue weighted by molar-refractivity contribution is 0.0622. The summed E-state index contributed by atoms with van der Waals surface area (Å²) in [5, 5.41) is 3.14. The van der Waals surface area contributed by atoms with Crippen LogP contribution in [-0.4, -0.2) is 44.5 Å². The normalized spacial score (nSPS) is 14.6. The van der Waals surface area contributed by atoms with Crippen molar-refractivity contribution in [2.75, 3.05) is 18.4 Å². The van der Waals surface area contributed by atoms with E-state index in [4.69, 9.17) is 0 Å². The third kappa shape index (κ3) is 2.62. The van der Waals surface area contributed by atoms with Crippen LogP contribution in [0.25, 0.3) is 0 Å². The molecule has 0 aromatic carbocycles. The molecule has 0 radical (unpaired) electrons. The Hall–Kier alpha value is -2.70. The number of anilines is 1. The van der Waals surface area contributed by atoms with Gasteiger partial charge in [0.15, 0.2) is 0 Å². The average Bonchev–Trinajstić information content (AvgIpc) is 2.46. The Morgan fingerprint density at radius 2 is 2.00 bits per heavy atom. The van der Waals surface area contributed by atoms with E-state index in [0.29, 0.717) is 19.0 Å². The maximum atomic E-state index is 12.3. The van der Waals surface area contributed by atoms with Crippen LogP contribution in [0.4, 0.5) is 5.95 Å². The van der Waals surface area contributed by atoms with Crippen LogP contribution >= 0.6 is 0 Å². The van der Waals surface area contributed by atoms with Crippen molar-refractivity contribution in [1.29, 1.82) is 0 Å². The number of carbonyl (C=O) groups is 1. The van der Waals surface area contributed by atoms with Gasteiger partial charge in [-0.05, 0) is 18.2 Å². The van der Waals surface area contributed by atoms with Gasteiger partial charge in [0.25, 0.3) is 11.5 Å². The molecular formula is C14H15N5O2. The summed E-state index contributed by atoms with van der Waals surface area (Å²) < 4.78 is 1.40. The number of nitrogens with zero attached hydrogens (tertiary/aromatic N) is 4. The molecule has 21 heavy (non-hydrogen) atoms. The molecule has 0 spiro atoms. The summed E-state index contributed by atoms with van der Waals surface area (Å²) in [7, 11) is 1.63. The van der Waals surface area contributed by atoms with Gasteiger partial charge in [-0.3, -0.25) is 9.59 Å². The van der Waals surface area contributed by atoms with Crippen molar-refractivity contribution < 1.29 is 4.79 Å². The van der Waals surface area contributed by atoms with Gasteiger partial charge in [-0.15, -0.1) is 0 Å². The molecule has 1 aliphatic heterocycles. The zero-order chi connectivity index (χ0) is 14.8. The Bertz CT molecular complexity index is 707. The van der Waals surface area contributed by atoms with E-state index in [2.05, 4.69) is 15.3 Å². The van der Waals surface area contributed by atoms with Crippen LogP contribution < -0.4 is 10.9 Å². The van der Waals surface area contributed by atoms with E-state index in [9.17, 15) is 9.59 Å². The molecule has 2 aromatic rings. The van der Waals surface area contributed by atoms with Gasteiger partial charge in [0.2, 0.25) is 5.95 Å². The van der Waals surface area contributed by atoms with Crippen LogP contribution in [0.15, 0.2) is 41.6 Å². The predicted molar refractivity (Wildman–Crippen MR) is 77.0 cm³/mol. The van der Waals surface area contributed by atoms with Crippen molar-refractivity contribution in [2.24, 2.45) is 7.05 Å². The Kier molecular flexibility index (Phi) is 3.39. The minimum Gasteiger partial charge on any atom is -0.348 e. The minimum absolute atomic E-state index is 0.115. The summed E-state index contributed by atoms with van der Waals surface area (Å²) in [6, 6.07) is 5.12. The molecule has 0 saturated carbocycles. The van der Waals surface area contributed by atoms with Crippen molar-refractivity contribution in [3.63, 3.8) is 0 Å². The molecule has 108 valence electrons. The molecule has 0 unspecified atom stereocenters. The Morgan fingerprint density at radius 3 is 2.71 bits per heavy atom. The first-order valence-electron chi connectivity index (χ1n) is 6.63. The summed E-state index contributed by atoms with van der Waals surface area (Å²) in [6.07, 6.45) is 4.95. The third-order valence-electron chi connectivity index (χ3n) is 3.42. The van der Waals surface area contributed by atoms with E-state index in [1.54, 1.807) is 48.7 Å². The molecule has 7 heteroatoms. The van der Waals surface area contributed by atoms with Gasteiger partial charge in [0, 0.05) is 38.7 Å². The predicted octanol–water partition coefficient (Wildman–Crippen LogP) is 0.112. The molecule has 1 fully saturated rings. The number of hydrogen-bond donors (Lipinski definition) is 1. The first-order valence-corrected chi connectivity index (χ1v) is 6.63. The second-order valence-electron chi connectivity index (χ2n) is 4.96. The number of hydrogen-bond acceptors (Lipinski definition) is 5. The topological polar surface area (TPSA) is 80.1 Å². The van der Waals surface area contributed by atoms with Crippen LogP contribution in [0.1, 0.15) is 10.4 Å². The molecule has 3 rings (SSSR count). The number of rotatable bonds is 3. The Balaban J connectivity index is 1.62. The van der Waals surface area contributed by atoms with Crippen LogP contribution in [0, 0.1) is 0 Å². The van der Waals surface area contributed by atoms with Crippen LogP contribution in [0.3, 0.4) is 0 Å². The van der Waals surface area contributed by atoms with Gasteiger partial charge in [-0.25, -0.2) is 9.97 Å². The van der Waals surface area contributed by atoms with Crippen molar-refractivity contribution in [2.45, 2.75) is 6.04 Å². The summed E-state index contributed by atoms with van der Waals surface area (Å²) >= 11 is 0. The number of carbonyl (C=O) groups excluding carboxylic acids is 1. The number of likely N-dealkylation sites (tertiary alicyclic amines) is 1. The summed E-state index contributed by atoms with van der Waals surface area (Å²) in [5.74, 6) is 0.313. The van der Waals surface area contributed by atoms with Crippen molar-refractivity contribution in [1.82, 2.24) is 19.4 Å². The van der Waals surface area contributed by atoms with E-state index in [1.165, 1.54) is 4.57 Å². The molecule has 0 bridgehead atoms. The second-order valence-corrected chi connectivity index (χ2v) is 4.96. The lowest BCUT2D eigenvalue weighted by Gasteiger charge is -2.39. The Morgan fingerprint density at radius 1 is 1.29 bits per heavy atom. The van der Waals surface area contributed by atoms with Crippen LogP contribution in [0.5, 0.6) is 0 Å². The van der Waals surface area contributed by atoms with Crippen molar-refractivity contribution >= 4 is 11.9 Å². The maximum absolute atomic E-state index is 12.3. The number of amides is 1. The van der Waals surface area contributed by atoms with E-state index in [0.717, 1.165) is 0 Å². The first-order chi connectivity index (χ1) is 10.1. The third-order valence-corrected chi connectivity index (χ3v) is 3.42. The average molecular weight is 285 g/mol. The fraction of sp³-hybridized carbons (Fsp3) is 0.286. The molecule has 1 saturated heterocycles. The monoisotopic (exact) mass is 285 g/mol. The standard InChI is InChI=1S/C14H15N5O2/c1-18-7-2-4-11(12(18)20)13(21)19-8-10(9-19)17-14-15-5-3-6-16-14/h2-7,10H,8-9H2,1H3,(H,15,16,17). The largest absolute Gasteiger partial charge is 0.348 e. The fourth-order valence-corrected chi connectivity index (χ4v) is 2.22. The smallest absolute Gasteiger partial charge is 0.263 e. The number of nitrogens with one attached hydrogen (secondary N) is 1. The zero-order valence-electron chi connectivity index (χ0n) is 11.6. The number of pyridine rings is 1. The zero-order valence-corrected chi connectivity index (χ0v) is 11.6. The second kappa shape index (κ2) is 5.35. The molecule has 7 nitrogen and oxygen atoms in total. The van der Waals surface area contributed by atoms with Gasteiger partial charge in [0.1, 0.15) is 5.56 Å².